The molecule has 0 aliphatic carbocycles. The summed E-state index contributed by atoms with van der Waals surface area (Å²) in [7, 11) is 0. The van der Waals surface area contributed by atoms with Gasteiger partial charge in [0.05, 0.1) is 28.4 Å². The Morgan fingerprint density at radius 1 is 1.25 bits per heavy atom. The summed E-state index contributed by atoms with van der Waals surface area (Å²) in [6.45, 7) is 0.335. The van der Waals surface area contributed by atoms with Crippen molar-refractivity contribution in [1.29, 1.82) is 5.26 Å². The summed E-state index contributed by atoms with van der Waals surface area (Å²) in [6.07, 6.45) is -0.669. The maximum absolute atomic E-state index is 10.1. The number of rotatable bonds is 4. The molecular formula is C15H12BrClN2O. The molecule has 0 bridgehead atoms. The largest absolute Gasteiger partial charge is 0.387 e. The highest BCUT2D eigenvalue weighted by Gasteiger charge is 2.08. The summed E-state index contributed by atoms with van der Waals surface area (Å²) in [5.74, 6) is 0. The lowest BCUT2D eigenvalue weighted by atomic mass is 10.1. The quantitative estimate of drug-likeness (QED) is 0.871. The number of benzene rings is 2. The van der Waals surface area contributed by atoms with Crippen molar-refractivity contribution < 1.29 is 5.11 Å². The molecule has 0 saturated heterocycles. The second kappa shape index (κ2) is 6.76. The fourth-order valence-corrected chi connectivity index (χ4v) is 2.28. The van der Waals surface area contributed by atoms with Gasteiger partial charge in [-0.2, -0.15) is 5.26 Å². The van der Waals surface area contributed by atoms with Crippen LogP contribution in [0.2, 0.25) is 5.02 Å². The van der Waals surface area contributed by atoms with Gasteiger partial charge in [0.15, 0.2) is 0 Å². The number of aliphatic hydroxyl groups is 1. The zero-order valence-corrected chi connectivity index (χ0v) is 12.8. The first kappa shape index (κ1) is 14.9. The lowest BCUT2D eigenvalue weighted by molar-refractivity contribution is 0.191. The monoisotopic (exact) mass is 350 g/mol. The van der Waals surface area contributed by atoms with Crippen LogP contribution in [0.15, 0.2) is 46.9 Å². The summed E-state index contributed by atoms with van der Waals surface area (Å²) < 4.78 is 0.914. The number of nitriles is 1. The molecule has 3 nitrogen and oxygen atoms in total. The molecule has 20 heavy (non-hydrogen) atoms. The highest BCUT2D eigenvalue weighted by Crippen LogP contribution is 2.26. The van der Waals surface area contributed by atoms with Crippen LogP contribution in [0.1, 0.15) is 17.2 Å². The molecule has 0 radical (unpaired) electrons. The summed E-state index contributed by atoms with van der Waals surface area (Å²) in [4.78, 5) is 0. The summed E-state index contributed by atoms with van der Waals surface area (Å²) >= 11 is 9.44. The molecule has 2 aromatic rings. The van der Waals surface area contributed by atoms with E-state index < -0.39 is 6.10 Å². The smallest absolute Gasteiger partial charge is 0.0991 e. The van der Waals surface area contributed by atoms with Gasteiger partial charge in [-0.1, -0.05) is 39.7 Å². The zero-order valence-electron chi connectivity index (χ0n) is 10.5. The number of aliphatic hydroxyl groups excluding tert-OH is 1. The molecule has 0 aliphatic heterocycles. The van der Waals surface area contributed by atoms with Crippen LogP contribution in [0.3, 0.4) is 0 Å². The normalized spacial score (nSPS) is 11.7. The third kappa shape index (κ3) is 3.73. The number of halogens is 2. The molecule has 0 amide bonds. The molecule has 2 rings (SSSR count). The Bertz CT molecular complexity index is 637. The van der Waals surface area contributed by atoms with Crippen molar-refractivity contribution in [3.63, 3.8) is 0 Å². The van der Waals surface area contributed by atoms with E-state index in [1.54, 1.807) is 30.3 Å². The lowest BCUT2D eigenvalue weighted by Crippen LogP contribution is -2.12. The van der Waals surface area contributed by atoms with Crippen molar-refractivity contribution in [1.82, 2.24) is 0 Å². The molecule has 2 aromatic carbocycles. The van der Waals surface area contributed by atoms with E-state index in [1.165, 1.54) is 0 Å². The van der Waals surface area contributed by atoms with E-state index in [1.807, 2.05) is 18.2 Å². The Labute approximate surface area is 130 Å². The van der Waals surface area contributed by atoms with Gasteiger partial charge in [0, 0.05) is 11.0 Å². The molecule has 0 spiro atoms. The van der Waals surface area contributed by atoms with Crippen LogP contribution in [0.5, 0.6) is 0 Å². The number of hydrogen-bond donors (Lipinski definition) is 2. The summed E-state index contributed by atoms with van der Waals surface area (Å²) in [6, 6.07) is 14.4. The van der Waals surface area contributed by atoms with E-state index in [2.05, 4.69) is 21.2 Å². The molecule has 102 valence electrons. The van der Waals surface area contributed by atoms with Crippen LogP contribution < -0.4 is 5.32 Å². The van der Waals surface area contributed by atoms with E-state index in [-0.39, 0.29) is 0 Å². The highest BCUT2D eigenvalue weighted by molar-refractivity contribution is 9.10. The van der Waals surface area contributed by atoms with Crippen molar-refractivity contribution in [2.45, 2.75) is 6.10 Å². The van der Waals surface area contributed by atoms with Crippen LogP contribution in [-0.2, 0) is 0 Å². The predicted molar refractivity (Wildman–Crippen MR) is 83.8 cm³/mol. The van der Waals surface area contributed by atoms with Gasteiger partial charge in [-0.3, -0.25) is 0 Å². The summed E-state index contributed by atoms with van der Waals surface area (Å²) in [5, 5.41) is 22.5. The maximum atomic E-state index is 10.1. The second-order valence-corrected chi connectivity index (χ2v) is 5.58. The van der Waals surface area contributed by atoms with Crippen LogP contribution in [0.4, 0.5) is 5.69 Å². The van der Waals surface area contributed by atoms with Crippen molar-refractivity contribution in [3.8, 4) is 6.07 Å². The van der Waals surface area contributed by atoms with Crippen LogP contribution in [0.25, 0.3) is 0 Å². The molecule has 1 unspecified atom stereocenters. The van der Waals surface area contributed by atoms with Crippen LogP contribution in [-0.4, -0.2) is 11.7 Å². The number of hydrogen-bond acceptors (Lipinski definition) is 3. The number of nitrogens with zero attached hydrogens (tertiary/aromatic N) is 1. The van der Waals surface area contributed by atoms with E-state index in [4.69, 9.17) is 16.9 Å². The minimum absolute atomic E-state index is 0.335. The van der Waals surface area contributed by atoms with Crippen LogP contribution in [0, 0.1) is 11.3 Å². The molecule has 0 saturated carbocycles. The Hall–Kier alpha value is -1.54. The minimum Gasteiger partial charge on any atom is -0.387 e. The van der Waals surface area contributed by atoms with Gasteiger partial charge < -0.3 is 10.4 Å². The molecule has 5 heteroatoms. The minimum atomic E-state index is -0.669. The highest BCUT2D eigenvalue weighted by atomic mass is 79.9. The van der Waals surface area contributed by atoms with E-state index >= 15 is 0 Å². The van der Waals surface area contributed by atoms with Crippen molar-refractivity contribution in [2.75, 3.05) is 11.9 Å². The summed E-state index contributed by atoms with van der Waals surface area (Å²) in [5.41, 5.74) is 2.08. The first-order valence-corrected chi connectivity index (χ1v) is 7.14. The average molecular weight is 352 g/mol. The molecule has 0 aliphatic rings. The zero-order chi connectivity index (χ0) is 14.5. The van der Waals surface area contributed by atoms with Crippen LogP contribution >= 0.6 is 27.5 Å². The molecule has 0 aromatic heterocycles. The van der Waals surface area contributed by atoms with E-state index in [0.29, 0.717) is 17.1 Å². The van der Waals surface area contributed by atoms with Gasteiger partial charge >= 0.3 is 0 Å². The Morgan fingerprint density at radius 3 is 2.60 bits per heavy atom. The molecule has 2 N–H and O–H groups in total. The Kier molecular flexibility index (Phi) is 5.02. The van der Waals surface area contributed by atoms with Gasteiger partial charge in [-0.15, -0.1) is 0 Å². The molecule has 0 heterocycles. The number of anilines is 1. The van der Waals surface area contributed by atoms with Gasteiger partial charge in [0.2, 0.25) is 0 Å². The topological polar surface area (TPSA) is 56.0 Å². The van der Waals surface area contributed by atoms with Gasteiger partial charge in [-0.05, 0) is 35.9 Å². The second-order valence-electron chi connectivity index (χ2n) is 4.25. The predicted octanol–water partition coefficient (Wildman–Crippen LogP) is 4.12. The third-order valence-electron chi connectivity index (χ3n) is 2.84. The van der Waals surface area contributed by atoms with Crippen molar-refractivity contribution in [3.05, 3.63) is 63.1 Å². The lowest BCUT2D eigenvalue weighted by Gasteiger charge is -2.14. The number of nitrogens with one attached hydrogen (secondary N) is 1. The standard InChI is InChI=1S/C15H12BrClN2O/c16-12-5-6-13(17)14(7-12)19-9-15(20)11-3-1-10(8-18)2-4-11/h1-7,15,19-20H,9H2. The third-order valence-corrected chi connectivity index (χ3v) is 3.66. The fourth-order valence-electron chi connectivity index (χ4n) is 1.74. The SMILES string of the molecule is N#Cc1ccc(C(O)CNc2cc(Br)ccc2Cl)cc1. The average Bonchev–Trinajstić information content (AvgIpc) is 2.48. The van der Waals surface area contributed by atoms with Gasteiger partial charge in [-0.25, -0.2) is 0 Å². The molecular weight excluding hydrogens is 340 g/mol. The molecule has 1 atom stereocenters. The fraction of sp³-hybridized carbons (Fsp3) is 0.133. The molecule has 0 fully saturated rings. The first-order valence-electron chi connectivity index (χ1n) is 5.97. The van der Waals surface area contributed by atoms with Crippen molar-refractivity contribution >= 4 is 33.2 Å². The maximum Gasteiger partial charge on any atom is 0.0991 e. The van der Waals surface area contributed by atoms with Gasteiger partial charge in [0.25, 0.3) is 0 Å². The van der Waals surface area contributed by atoms with E-state index in [9.17, 15) is 5.11 Å². The van der Waals surface area contributed by atoms with Gasteiger partial charge in [0.1, 0.15) is 0 Å². The first-order chi connectivity index (χ1) is 9.60. The van der Waals surface area contributed by atoms with E-state index in [0.717, 1.165) is 15.7 Å². The Morgan fingerprint density at radius 2 is 1.95 bits per heavy atom. The van der Waals surface area contributed by atoms with Crippen molar-refractivity contribution in [2.24, 2.45) is 0 Å². The Balaban J connectivity index is 2.02.